The van der Waals surface area contributed by atoms with Crippen LogP contribution in [0.2, 0.25) is 0 Å². The van der Waals surface area contributed by atoms with Gasteiger partial charge in [0.2, 0.25) is 0 Å². The zero-order chi connectivity index (χ0) is 8.60. The van der Waals surface area contributed by atoms with Gasteiger partial charge in [-0.1, -0.05) is 0 Å². The van der Waals surface area contributed by atoms with E-state index < -0.39 is 0 Å². The Labute approximate surface area is 76.0 Å². The Kier molecular flexibility index (Phi) is 1.81. The monoisotopic (exact) mass is 183 g/mol. The van der Waals surface area contributed by atoms with Crippen LogP contribution in [0.5, 0.6) is 0 Å². The van der Waals surface area contributed by atoms with Gasteiger partial charge in [-0.15, -0.1) is 11.3 Å². The molecule has 0 unspecified atom stereocenters. The number of aromatic nitrogens is 1. The minimum absolute atomic E-state index is 0.322. The molecule has 1 aliphatic rings. The fourth-order valence-electron chi connectivity index (χ4n) is 1.54. The molecule has 66 valence electrons. The van der Waals surface area contributed by atoms with Gasteiger partial charge in [-0.2, -0.15) is 0 Å². The molecule has 0 bridgehead atoms. The lowest BCUT2D eigenvalue weighted by molar-refractivity contribution is 0.611. The Balaban J connectivity index is 2.18. The van der Waals surface area contributed by atoms with Crippen LogP contribution in [-0.4, -0.2) is 18.6 Å². The van der Waals surface area contributed by atoms with Gasteiger partial charge in [0.05, 0.1) is 5.69 Å². The average molecular weight is 183 g/mol. The summed E-state index contributed by atoms with van der Waals surface area (Å²) >= 11 is 1.54. The van der Waals surface area contributed by atoms with Gasteiger partial charge in [-0.05, 0) is 19.9 Å². The molecule has 3 nitrogen and oxygen atoms in total. The molecule has 3 N–H and O–H groups in total. The van der Waals surface area contributed by atoms with Crippen LogP contribution in [0.4, 0.5) is 5.13 Å². The van der Waals surface area contributed by atoms with E-state index in [1.54, 1.807) is 0 Å². The highest BCUT2D eigenvalue weighted by Crippen LogP contribution is 2.47. The summed E-state index contributed by atoms with van der Waals surface area (Å²) in [6.07, 6.45) is 2.49. The van der Waals surface area contributed by atoms with Crippen molar-refractivity contribution < 1.29 is 0 Å². The Hall–Kier alpha value is -0.610. The highest BCUT2D eigenvalue weighted by atomic mass is 32.1. The smallest absolute Gasteiger partial charge is 0.180 e. The van der Waals surface area contributed by atoms with Gasteiger partial charge >= 0.3 is 0 Å². The zero-order valence-electron chi connectivity index (χ0n) is 7.13. The number of hydrogen-bond donors (Lipinski definition) is 2. The molecule has 12 heavy (non-hydrogen) atoms. The lowest BCUT2D eigenvalue weighted by atomic mass is 10.0. The van der Waals surface area contributed by atoms with Crippen LogP contribution in [-0.2, 0) is 5.41 Å². The van der Waals surface area contributed by atoms with E-state index in [9.17, 15) is 0 Å². The molecule has 0 saturated heterocycles. The number of nitrogens with zero attached hydrogens (tertiary/aromatic N) is 1. The SMILES string of the molecule is CNCC1(c2csc(N)n2)CC1. The maximum atomic E-state index is 5.59. The van der Waals surface area contributed by atoms with E-state index in [0.29, 0.717) is 10.5 Å². The number of rotatable bonds is 3. The summed E-state index contributed by atoms with van der Waals surface area (Å²) in [5.41, 5.74) is 7.09. The van der Waals surface area contributed by atoms with E-state index in [1.807, 2.05) is 7.05 Å². The van der Waals surface area contributed by atoms with Crippen LogP contribution in [0, 0.1) is 0 Å². The van der Waals surface area contributed by atoms with Crippen molar-refractivity contribution in [2.75, 3.05) is 19.3 Å². The number of nitrogen functional groups attached to an aromatic ring is 1. The summed E-state index contributed by atoms with van der Waals surface area (Å²) in [5, 5.41) is 5.97. The maximum Gasteiger partial charge on any atom is 0.180 e. The van der Waals surface area contributed by atoms with Crippen LogP contribution in [0.15, 0.2) is 5.38 Å². The summed E-state index contributed by atoms with van der Waals surface area (Å²) in [6.45, 7) is 1.02. The first-order valence-electron chi connectivity index (χ1n) is 4.13. The standard InChI is InChI=1S/C8H13N3S/c1-10-5-8(2-3-8)6-4-12-7(9)11-6/h4,10H,2-3,5H2,1H3,(H2,9,11). The average Bonchev–Trinajstić information content (AvgIpc) is 2.69. The lowest BCUT2D eigenvalue weighted by Gasteiger charge is -2.10. The molecule has 0 spiro atoms. The first-order valence-corrected chi connectivity index (χ1v) is 5.01. The second-order valence-electron chi connectivity index (χ2n) is 3.38. The number of anilines is 1. The summed E-state index contributed by atoms with van der Waals surface area (Å²) in [7, 11) is 1.98. The molecule has 0 aliphatic heterocycles. The van der Waals surface area contributed by atoms with Crippen molar-refractivity contribution in [2.24, 2.45) is 0 Å². The van der Waals surface area contributed by atoms with Gasteiger partial charge in [-0.3, -0.25) is 0 Å². The van der Waals surface area contributed by atoms with Gasteiger partial charge in [0, 0.05) is 17.3 Å². The fraction of sp³-hybridized carbons (Fsp3) is 0.625. The Morgan fingerprint density at radius 2 is 2.50 bits per heavy atom. The highest BCUT2D eigenvalue weighted by molar-refractivity contribution is 7.13. The molecular formula is C8H13N3S. The minimum Gasteiger partial charge on any atom is -0.375 e. The first-order chi connectivity index (χ1) is 5.77. The van der Waals surface area contributed by atoms with Crippen molar-refractivity contribution in [1.82, 2.24) is 10.3 Å². The highest BCUT2D eigenvalue weighted by Gasteiger charge is 2.45. The van der Waals surface area contributed by atoms with Crippen molar-refractivity contribution in [3.63, 3.8) is 0 Å². The second kappa shape index (κ2) is 2.71. The molecular weight excluding hydrogens is 170 g/mol. The van der Waals surface area contributed by atoms with Crippen molar-refractivity contribution in [1.29, 1.82) is 0 Å². The van der Waals surface area contributed by atoms with E-state index in [4.69, 9.17) is 5.73 Å². The number of hydrogen-bond acceptors (Lipinski definition) is 4. The molecule has 1 fully saturated rings. The fourth-order valence-corrected chi connectivity index (χ4v) is 2.23. The predicted molar refractivity (Wildman–Crippen MR) is 51.4 cm³/mol. The Bertz CT molecular complexity index is 278. The van der Waals surface area contributed by atoms with Crippen LogP contribution in [0.3, 0.4) is 0 Å². The molecule has 1 aromatic heterocycles. The number of likely N-dealkylation sites (N-methyl/N-ethyl adjacent to an activating group) is 1. The maximum absolute atomic E-state index is 5.59. The van der Waals surface area contributed by atoms with Crippen molar-refractivity contribution in [3.05, 3.63) is 11.1 Å². The summed E-state index contributed by atoms with van der Waals surface area (Å²) in [4.78, 5) is 4.32. The first kappa shape index (κ1) is 8.01. The molecule has 0 aromatic carbocycles. The van der Waals surface area contributed by atoms with Crippen LogP contribution in [0.1, 0.15) is 18.5 Å². The second-order valence-corrected chi connectivity index (χ2v) is 4.27. The molecule has 0 amide bonds. The number of thiazole rings is 1. The third kappa shape index (κ3) is 1.21. The molecule has 1 aromatic rings. The summed E-state index contributed by atoms with van der Waals surface area (Å²) < 4.78 is 0. The largest absolute Gasteiger partial charge is 0.375 e. The Morgan fingerprint density at radius 3 is 2.92 bits per heavy atom. The summed E-state index contributed by atoms with van der Waals surface area (Å²) in [6, 6.07) is 0. The third-order valence-electron chi connectivity index (χ3n) is 2.43. The van der Waals surface area contributed by atoms with Crippen molar-refractivity contribution in [2.45, 2.75) is 18.3 Å². The van der Waals surface area contributed by atoms with Gasteiger partial charge in [0.25, 0.3) is 0 Å². The van der Waals surface area contributed by atoms with Crippen LogP contribution >= 0.6 is 11.3 Å². The predicted octanol–water partition coefficient (Wildman–Crippen LogP) is 0.976. The quantitative estimate of drug-likeness (QED) is 0.734. The zero-order valence-corrected chi connectivity index (χ0v) is 7.95. The lowest BCUT2D eigenvalue weighted by Crippen LogP contribution is -2.23. The Morgan fingerprint density at radius 1 is 1.75 bits per heavy atom. The third-order valence-corrected chi connectivity index (χ3v) is 3.11. The van der Waals surface area contributed by atoms with Gasteiger partial charge in [-0.25, -0.2) is 4.98 Å². The molecule has 0 atom stereocenters. The van der Waals surface area contributed by atoms with E-state index in [2.05, 4.69) is 15.7 Å². The van der Waals surface area contributed by atoms with Gasteiger partial charge in [0.1, 0.15) is 0 Å². The molecule has 0 radical (unpaired) electrons. The molecule has 1 saturated carbocycles. The normalized spacial score (nSPS) is 19.4. The van der Waals surface area contributed by atoms with E-state index >= 15 is 0 Å². The van der Waals surface area contributed by atoms with Gasteiger partial charge < -0.3 is 11.1 Å². The molecule has 1 heterocycles. The van der Waals surface area contributed by atoms with Gasteiger partial charge in [0.15, 0.2) is 5.13 Å². The number of nitrogens with two attached hydrogens (primary N) is 1. The molecule has 2 rings (SSSR count). The van der Waals surface area contributed by atoms with Crippen LogP contribution in [0.25, 0.3) is 0 Å². The van der Waals surface area contributed by atoms with E-state index in [1.165, 1.54) is 29.9 Å². The minimum atomic E-state index is 0.322. The topological polar surface area (TPSA) is 50.9 Å². The van der Waals surface area contributed by atoms with E-state index in [0.717, 1.165) is 6.54 Å². The van der Waals surface area contributed by atoms with Crippen molar-refractivity contribution in [3.8, 4) is 0 Å². The van der Waals surface area contributed by atoms with E-state index in [-0.39, 0.29) is 0 Å². The van der Waals surface area contributed by atoms with Crippen molar-refractivity contribution >= 4 is 16.5 Å². The molecule has 1 aliphatic carbocycles. The molecule has 4 heteroatoms. The summed E-state index contributed by atoms with van der Waals surface area (Å²) in [5.74, 6) is 0. The van der Waals surface area contributed by atoms with Crippen LogP contribution < -0.4 is 11.1 Å². The number of nitrogens with one attached hydrogen (secondary N) is 1.